The quantitative estimate of drug-likeness (QED) is 0.832. The van der Waals surface area contributed by atoms with Gasteiger partial charge in [-0.25, -0.2) is 0 Å². The monoisotopic (exact) mass is 251 g/mol. The van der Waals surface area contributed by atoms with Gasteiger partial charge in [0.2, 0.25) is 11.8 Å². The van der Waals surface area contributed by atoms with E-state index in [1.807, 2.05) is 20.8 Å². The lowest BCUT2D eigenvalue weighted by Crippen LogP contribution is -2.61. The largest absolute Gasteiger partial charge is 0.364 e. The summed E-state index contributed by atoms with van der Waals surface area (Å²) in [7, 11) is 0. The number of rotatable bonds is 2. The molecular weight excluding hydrogens is 234 g/mol. The average Bonchev–Trinajstić information content (AvgIpc) is 2.74. The Hall–Kier alpha value is -1.85. The number of hydrogen-bond acceptors (Lipinski definition) is 4. The molecule has 2 heterocycles. The maximum absolute atomic E-state index is 12.3. The van der Waals surface area contributed by atoms with Crippen LogP contribution in [0.15, 0.2) is 16.9 Å². The smallest absolute Gasteiger partial charge is 0.246 e. The average molecular weight is 251 g/mol. The first-order valence-corrected chi connectivity index (χ1v) is 5.85. The molecule has 0 aliphatic carbocycles. The topological polar surface area (TPSA) is 75.4 Å². The highest BCUT2D eigenvalue weighted by molar-refractivity contribution is 5.95. The van der Waals surface area contributed by atoms with Crippen molar-refractivity contribution in [3.8, 4) is 0 Å². The van der Waals surface area contributed by atoms with Crippen molar-refractivity contribution >= 4 is 11.8 Å². The van der Waals surface area contributed by atoms with Crippen LogP contribution in [0.25, 0.3) is 0 Å². The normalized spacial score (nSPS) is 21.1. The summed E-state index contributed by atoms with van der Waals surface area (Å²) in [4.78, 5) is 25.5. The van der Waals surface area contributed by atoms with E-state index in [-0.39, 0.29) is 23.8 Å². The van der Waals surface area contributed by atoms with E-state index < -0.39 is 6.04 Å². The van der Waals surface area contributed by atoms with Gasteiger partial charge in [-0.3, -0.25) is 9.59 Å². The second kappa shape index (κ2) is 4.44. The first-order valence-electron chi connectivity index (χ1n) is 5.85. The molecule has 6 nitrogen and oxygen atoms in total. The fourth-order valence-corrected chi connectivity index (χ4v) is 1.94. The van der Waals surface area contributed by atoms with Gasteiger partial charge in [-0.15, -0.1) is 0 Å². The first-order chi connectivity index (χ1) is 8.38. The van der Waals surface area contributed by atoms with Gasteiger partial charge < -0.3 is 14.7 Å². The van der Waals surface area contributed by atoms with E-state index in [9.17, 15) is 9.59 Å². The minimum absolute atomic E-state index is 0.0677. The van der Waals surface area contributed by atoms with Gasteiger partial charge in [0.05, 0.1) is 6.54 Å². The molecule has 18 heavy (non-hydrogen) atoms. The maximum Gasteiger partial charge on any atom is 0.246 e. The zero-order valence-corrected chi connectivity index (χ0v) is 10.8. The highest BCUT2D eigenvalue weighted by Gasteiger charge is 2.39. The highest BCUT2D eigenvalue weighted by Crippen LogP contribution is 2.23. The molecule has 0 bridgehead atoms. The fraction of sp³-hybridized carbons (Fsp3) is 0.583. The lowest BCUT2D eigenvalue weighted by Gasteiger charge is -2.38. The summed E-state index contributed by atoms with van der Waals surface area (Å²) in [5.41, 5.74) is 0.334. The lowest BCUT2D eigenvalue weighted by molar-refractivity contribution is -0.148. The molecule has 0 spiro atoms. The highest BCUT2D eigenvalue weighted by atomic mass is 16.5. The summed E-state index contributed by atoms with van der Waals surface area (Å²) in [6.07, 6.45) is 1.45. The van der Waals surface area contributed by atoms with Gasteiger partial charge in [0.1, 0.15) is 24.5 Å². The Balaban J connectivity index is 2.15. The Kier molecular flexibility index (Phi) is 3.11. The fourth-order valence-electron chi connectivity index (χ4n) is 1.94. The Morgan fingerprint density at radius 3 is 2.78 bits per heavy atom. The van der Waals surface area contributed by atoms with Crippen LogP contribution in [-0.4, -0.2) is 34.5 Å². The minimum Gasteiger partial charge on any atom is -0.364 e. The number of nitrogens with zero attached hydrogens (tertiary/aromatic N) is 2. The summed E-state index contributed by atoms with van der Waals surface area (Å²) < 4.78 is 4.72. The van der Waals surface area contributed by atoms with Crippen LogP contribution in [-0.2, 0) is 16.1 Å². The molecule has 2 rings (SSSR count). The molecule has 2 amide bonds. The van der Waals surface area contributed by atoms with E-state index in [2.05, 4.69) is 10.5 Å². The van der Waals surface area contributed by atoms with Crippen LogP contribution < -0.4 is 5.32 Å². The number of carbonyl (C=O) groups excluding carboxylic acids is 2. The number of nitrogens with one attached hydrogen (secondary N) is 1. The molecule has 1 aliphatic heterocycles. The molecule has 98 valence electrons. The third-order valence-electron chi connectivity index (χ3n) is 2.91. The van der Waals surface area contributed by atoms with E-state index in [1.165, 1.54) is 11.2 Å². The van der Waals surface area contributed by atoms with Crippen molar-refractivity contribution in [2.24, 2.45) is 5.41 Å². The molecule has 1 saturated heterocycles. The van der Waals surface area contributed by atoms with E-state index in [0.717, 1.165) is 0 Å². The Bertz CT molecular complexity index is 448. The van der Waals surface area contributed by atoms with Crippen LogP contribution >= 0.6 is 0 Å². The minimum atomic E-state index is -0.495. The summed E-state index contributed by atoms with van der Waals surface area (Å²) in [6, 6.07) is 1.19. The van der Waals surface area contributed by atoms with Gasteiger partial charge in [-0.1, -0.05) is 25.9 Å². The van der Waals surface area contributed by atoms with Crippen molar-refractivity contribution in [3.63, 3.8) is 0 Å². The van der Waals surface area contributed by atoms with Gasteiger partial charge in [-0.05, 0) is 5.41 Å². The maximum atomic E-state index is 12.3. The Morgan fingerprint density at radius 2 is 2.22 bits per heavy atom. The molecule has 0 radical (unpaired) electrons. The number of aromatic nitrogens is 1. The van der Waals surface area contributed by atoms with Crippen LogP contribution in [0, 0.1) is 5.41 Å². The number of hydrogen-bond donors (Lipinski definition) is 1. The van der Waals surface area contributed by atoms with Crippen molar-refractivity contribution < 1.29 is 14.1 Å². The molecule has 1 N–H and O–H groups in total. The molecule has 1 aromatic rings. The van der Waals surface area contributed by atoms with E-state index in [1.54, 1.807) is 6.07 Å². The molecule has 0 saturated carbocycles. The molecule has 0 aromatic carbocycles. The van der Waals surface area contributed by atoms with E-state index in [4.69, 9.17) is 4.52 Å². The predicted molar refractivity (Wildman–Crippen MR) is 63.3 cm³/mol. The Morgan fingerprint density at radius 1 is 1.50 bits per heavy atom. The van der Waals surface area contributed by atoms with Crippen molar-refractivity contribution in [1.29, 1.82) is 0 Å². The summed E-state index contributed by atoms with van der Waals surface area (Å²) in [5, 5.41) is 6.50. The van der Waals surface area contributed by atoms with Crippen LogP contribution in [0.3, 0.4) is 0 Å². The van der Waals surface area contributed by atoms with Gasteiger partial charge in [0, 0.05) is 6.07 Å². The van der Waals surface area contributed by atoms with E-state index in [0.29, 0.717) is 12.2 Å². The summed E-state index contributed by atoms with van der Waals surface area (Å²) >= 11 is 0. The first kappa shape index (κ1) is 12.6. The van der Waals surface area contributed by atoms with Gasteiger partial charge >= 0.3 is 0 Å². The third-order valence-corrected chi connectivity index (χ3v) is 2.91. The van der Waals surface area contributed by atoms with Crippen molar-refractivity contribution in [3.05, 3.63) is 18.0 Å². The third kappa shape index (κ3) is 2.52. The summed E-state index contributed by atoms with van der Waals surface area (Å²) in [6.45, 7) is 6.15. The van der Waals surface area contributed by atoms with Crippen LogP contribution in [0.2, 0.25) is 0 Å². The molecule has 1 fully saturated rings. The predicted octanol–water partition coefficient (Wildman–Crippen LogP) is 0.548. The lowest BCUT2D eigenvalue weighted by atomic mass is 9.85. The number of carbonyl (C=O) groups is 2. The van der Waals surface area contributed by atoms with Crippen molar-refractivity contribution in [2.75, 3.05) is 6.54 Å². The molecule has 1 atom stereocenters. The van der Waals surface area contributed by atoms with Gasteiger partial charge in [-0.2, -0.15) is 0 Å². The second-order valence-corrected chi connectivity index (χ2v) is 5.55. The number of amides is 2. The molecule has 1 aromatic heterocycles. The zero-order valence-electron chi connectivity index (χ0n) is 10.8. The Labute approximate surface area is 105 Å². The SMILES string of the molecule is CC(C)(C)C1NC(=O)CN(Cc2ccon2)C1=O. The van der Waals surface area contributed by atoms with Gasteiger partial charge in [0.25, 0.3) is 0 Å². The molecule has 6 heteroatoms. The summed E-state index contributed by atoms with van der Waals surface area (Å²) in [5.74, 6) is -0.219. The zero-order chi connectivity index (χ0) is 13.3. The van der Waals surface area contributed by atoms with Gasteiger partial charge in [0.15, 0.2) is 0 Å². The van der Waals surface area contributed by atoms with Crippen LogP contribution in [0.5, 0.6) is 0 Å². The van der Waals surface area contributed by atoms with Crippen molar-refractivity contribution in [1.82, 2.24) is 15.4 Å². The molecular formula is C12H17N3O3. The van der Waals surface area contributed by atoms with Crippen LogP contribution in [0.1, 0.15) is 26.5 Å². The molecule has 1 aliphatic rings. The number of piperazine rings is 1. The van der Waals surface area contributed by atoms with Crippen LogP contribution in [0.4, 0.5) is 0 Å². The van der Waals surface area contributed by atoms with Crippen molar-refractivity contribution in [2.45, 2.75) is 33.4 Å². The van der Waals surface area contributed by atoms with E-state index >= 15 is 0 Å². The second-order valence-electron chi connectivity index (χ2n) is 5.55. The molecule has 1 unspecified atom stereocenters. The standard InChI is InChI=1S/C12H17N3O3/c1-12(2,3)10-11(17)15(7-9(16)13-10)6-8-4-5-18-14-8/h4-5,10H,6-7H2,1-3H3,(H,13,16).